The van der Waals surface area contributed by atoms with Gasteiger partial charge in [-0.25, -0.2) is 4.79 Å². The number of carbonyl (C=O) groups is 1. The van der Waals surface area contributed by atoms with E-state index in [1.165, 1.54) is 0 Å². The van der Waals surface area contributed by atoms with E-state index in [2.05, 4.69) is 20.6 Å². The van der Waals surface area contributed by atoms with E-state index >= 15 is 0 Å². The van der Waals surface area contributed by atoms with Crippen molar-refractivity contribution in [2.75, 3.05) is 27.2 Å². The first-order chi connectivity index (χ1) is 10.9. The van der Waals surface area contributed by atoms with Crippen LogP contribution in [0.25, 0.3) is 0 Å². The molecule has 1 saturated carbocycles. The standard InChI is InChI=1S/C16H29N5O2/c1-16(11-22)7-5-6-14(16)19-15(23)17-9-13(20(2)3)12-8-18-21(4)10-12/h8,10,13-14,22H,5-7,9,11H2,1-4H3,(H2,17,19,23). The smallest absolute Gasteiger partial charge is 0.315 e. The highest BCUT2D eigenvalue weighted by atomic mass is 16.3. The molecule has 2 amide bonds. The van der Waals surface area contributed by atoms with Gasteiger partial charge in [0.1, 0.15) is 0 Å². The Kier molecular flexibility index (Phi) is 5.64. The number of likely N-dealkylation sites (N-methyl/N-ethyl adjacent to an activating group) is 1. The first-order valence-corrected chi connectivity index (χ1v) is 8.16. The van der Waals surface area contributed by atoms with Gasteiger partial charge >= 0.3 is 6.03 Å². The van der Waals surface area contributed by atoms with Gasteiger partial charge in [-0.05, 0) is 26.9 Å². The highest BCUT2D eigenvalue weighted by Crippen LogP contribution is 2.37. The first-order valence-electron chi connectivity index (χ1n) is 8.16. The Hall–Kier alpha value is -1.60. The number of amides is 2. The highest BCUT2D eigenvalue weighted by Gasteiger charge is 2.39. The maximum atomic E-state index is 12.2. The molecule has 7 heteroatoms. The van der Waals surface area contributed by atoms with Crippen molar-refractivity contribution in [3.8, 4) is 0 Å². The van der Waals surface area contributed by atoms with Crippen LogP contribution in [0.15, 0.2) is 12.4 Å². The van der Waals surface area contributed by atoms with E-state index < -0.39 is 0 Å². The normalized spacial score (nSPS) is 25.6. The van der Waals surface area contributed by atoms with Gasteiger partial charge in [0.25, 0.3) is 0 Å². The van der Waals surface area contributed by atoms with Gasteiger partial charge in [0, 0.05) is 36.8 Å². The molecular formula is C16H29N5O2. The van der Waals surface area contributed by atoms with Crippen LogP contribution >= 0.6 is 0 Å². The zero-order valence-electron chi connectivity index (χ0n) is 14.5. The van der Waals surface area contributed by atoms with Crippen LogP contribution in [0.1, 0.15) is 37.8 Å². The van der Waals surface area contributed by atoms with E-state index in [1.54, 1.807) is 4.68 Å². The summed E-state index contributed by atoms with van der Waals surface area (Å²) in [5.74, 6) is 0. The van der Waals surface area contributed by atoms with Crippen LogP contribution in [0.5, 0.6) is 0 Å². The van der Waals surface area contributed by atoms with Crippen molar-refractivity contribution in [2.24, 2.45) is 12.5 Å². The fourth-order valence-corrected chi connectivity index (χ4v) is 3.28. The van der Waals surface area contributed by atoms with E-state index in [4.69, 9.17) is 0 Å². The molecule has 0 spiro atoms. The van der Waals surface area contributed by atoms with Crippen molar-refractivity contribution in [2.45, 2.75) is 38.3 Å². The van der Waals surface area contributed by atoms with E-state index in [0.29, 0.717) is 6.54 Å². The Balaban J connectivity index is 1.89. The Labute approximate surface area is 138 Å². The molecule has 0 bridgehead atoms. The Morgan fingerprint density at radius 2 is 2.35 bits per heavy atom. The van der Waals surface area contributed by atoms with Gasteiger partial charge in [-0.1, -0.05) is 13.3 Å². The third-order valence-electron chi connectivity index (χ3n) is 4.94. The third kappa shape index (κ3) is 4.23. The molecule has 0 radical (unpaired) electrons. The number of aryl methyl sites for hydroxylation is 1. The predicted molar refractivity (Wildman–Crippen MR) is 89.0 cm³/mol. The minimum Gasteiger partial charge on any atom is -0.396 e. The maximum Gasteiger partial charge on any atom is 0.315 e. The fraction of sp³-hybridized carbons (Fsp3) is 0.750. The van der Waals surface area contributed by atoms with Crippen LogP contribution in [0.4, 0.5) is 4.79 Å². The quantitative estimate of drug-likeness (QED) is 0.725. The number of hydrogen-bond acceptors (Lipinski definition) is 4. The summed E-state index contributed by atoms with van der Waals surface area (Å²) in [4.78, 5) is 14.3. The van der Waals surface area contributed by atoms with Crippen LogP contribution in [-0.2, 0) is 7.05 Å². The fourth-order valence-electron chi connectivity index (χ4n) is 3.28. The summed E-state index contributed by atoms with van der Waals surface area (Å²) in [5.41, 5.74) is 0.862. The van der Waals surface area contributed by atoms with Crippen LogP contribution < -0.4 is 10.6 Å². The molecule has 7 nitrogen and oxygen atoms in total. The summed E-state index contributed by atoms with van der Waals surface area (Å²) in [6, 6.07) is -0.0710. The summed E-state index contributed by atoms with van der Waals surface area (Å²) in [6.45, 7) is 2.64. The molecule has 1 aromatic rings. The van der Waals surface area contributed by atoms with Crippen molar-refractivity contribution >= 4 is 6.03 Å². The molecule has 3 atom stereocenters. The number of nitrogens with zero attached hydrogens (tertiary/aromatic N) is 3. The second-order valence-corrected chi connectivity index (χ2v) is 7.04. The number of aromatic nitrogens is 2. The van der Waals surface area contributed by atoms with Crippen molar-refractivity contribution < 1.29 is 9.90 Å². The number of carbonyl (C=O) groups excluding carboxylic acids is 1. The molecule has 2 rings (SSSR count). The minimum absolute atomic E-state index is 0.0312. The molecule has 1 fully saturated rings. The van der Waals surface area contributed by atoms with Crippen molar-refractivity contribution in [3.05, 3.63) is 18.0 Å². The minimum atomic E-state index is -0.207. The second-order valence-electron chi connectivity index (χ2n) is 7.04. The Morgan fingerprint density at radius 3 is 2.91 bits per heavy atom. The second kappa shape index (κ2) is 7.31. The lowest BCUT2D eigenvalue weighted by Crippen LogP contribution is -2.49. The van der Waals surface area contributed by atoms with Crippen LogP contribution in [0, 0.1) is 5.41 Å². The number of urea groups is 1. The van der Waals surface area contributed by atoms with Gasteiger partial charge in [-0.3, -0.25) is 4.68 Å². The summed E-state index contributed by atoms with van der Waals surface area (Å²) in [5, 5.41) is 19.7. The van der Waals surface area contributed by atoms with Crippen molar-refractivity contribution in [3.63, 3.8) is 0 Å². The Bertz CT molecular complexity index is 530. The summed E-state index contributed by atoms with van der Waals surface area (Å²) in [6.07, 6.45) is 6.70. The molecule has 1 aliphatic rings. The van der Waals surface area contributed by atoms with E-state index in [0.717, 1.165) is 24.8 Å². The number of rotatable bonds is 6. The molecule has 1 aromatic heterocycles. The molecule has 0 saturated heterocycles. The van der Waals surface area contributed by atoms with E-state index in [1.807, 2.05) is 40.5 Å². The molecule has 1 aliphatic carbocycles. The SMILES string of the molecule is CN(C)C(CNC(=O)NC1CCCC1(C)CO)c1cnn(C)c1. The van der Waals surface area contributed by atoms with Gasteiger partial charge in [-0.2, -0.15) is 5.10 Å². The monoisotopic (exact) mass is 323 g/mol. The highest BCUT2D eigenvalue weighted by molar-refractivity contribution is 5.74. The zero-order valence-corrected chi connectivity index (χ0v) is 14.5. The molecule has 3 unspecified atom stereocenters. The first kappa shape index (κ1) is 17.7. The zero-order chi connectivity index (χ0) is 17.0. The molecule has 23 heavy (non-hydrogen) atoms. The van der Waals surface area contributed by atoms with Crippen LogP contribution in [0.3, 0.4) is 0 Å². The molecule has 3 N–H and O–H groups in total. The molecule has 130 valence electrons. The van der Waals surface area contributed by atoms with E-state index in [9.17, 15) is 9.90 Å². The van der Waals surface area contributed by atoms with Gasteiger partial charge in [0.2, 0.25) is 0 Å². The lowest BCUT2D eigenvalue weighted by molar-refractivity contribution is 0.121. The van der Waals surface area contributed by atoms with Crippen LogP contribution in [-0.4, -0.2) is 59.1 Å². The summed E-state index contributed by atoms with van der Waals surface area (Å²) < 4.78 is 1.76. The van der Waals surface area contributed by atoms with E-state index in [-0.39, 0.29) is 30.1 Å². The number of aliphatic hydroxyl groups is 1. The Morgan fingerprint density at radius 1 is 1.61 bits per heavy atom. The van der Waals surface area contributed by atoms with Gasteiger partial charge in [0.05, 0.1) is 18.8 Å². The number of aliphatic hydroxyl groups excluding tert-OH is 1. The lowest BCUT2D eigenvalue weighted by atomic mass is 9.86. The average molecular weight is 323 g/mol. The largest absolute Gasteiger partial charge is 0.396 e. The number of hydrogen-bond donors (Lipinski definition) is 3. The molecular weight excluding hydrogens is 294 g/mol. The van der Waals surface area contributed by atoms with Crippen molar-refractivity contribution in [1.29, 1.82) is 0 Å². The van der Waals surface area contributed by atoms with Crippen molar-refractivity contribution in [1.82, 2.24) is 25.3 Å². The summed E-state index contributed by atoms with van der Waals surface area (Å²) in [7, 11) is 5.85. The lowest BCUT2D eigenvalue weighted by Gasteiger charge is -2.30. The molecule has 0 aliphatic heterocycles. The third-order valence-corrected chi connectivity index (χ3v) is 4.94. The average Bonchev–Trinajstić information content (AvgIpc) is 3.07. The van der Waals surface area contributed by atoms with Gasteiger partial charge in [0.15, 0.2) is 0 Å². The predicted octanol–water partition coefficient (Wildman–Crippen LogP) is 0.873. The number of nitrogens with one attached hydrogen (secondary N) is 2. The summed E-state index contributed by atoms with van der Waals surface area (Å²) >= 11 is 0. The topological polar surface area (TPSA) is 82.4 Å². The molecule has 0 aromatic carbocycles. The van der Waals surface area contributed by atoms with Crippen LogP contribution in [0.2, 0.25) is 0 Å². The van der Waals surface area contributed by atoms with Gasteiger partial charge < -0.3 is 20.6 Å². The van der Waals surface area contributed by atoms with Gasteiger partial charge in [-0.15, -0.1) is 0 Å². The maximum absolute atomic E-state index is 12.2. The molecule has 1 heterocycles.